The van der Waals surface area contributed by atoms with Gasteiger partial charge in [-0.05, 0) is 31.5 Å². The molecule has 0 radical (unpaired) electrons. The summed E-state index contributed by atoms with van der Waals surface area (Å²) in [5, 5.41) is 14.4. The third kappa shape index (κ3) is 4.21. The second-order valence-corrected chi connectivity index (χ2v) is 8.69. The summed E-state index contributed by atoms with van der Waals surface area (Å²) in [5.74, 6) is 0.493. The van der Waals surface area contributed by atoms with E-state index < -0.39 is 0 Å². The van der Waals surface area contributed by atoms with Crippen molar-refractivity contribution in [1.29, 1.82) is 0 Å². The molecule has 164 valence electrons. The summed E-state index contributed by atoms with van der Waals surface area (Å²) in [5.41, 5.74) is 2.25. The van der Waals surface area contributed by atoms with Crippen molar-refractivity contribution < 1.29 is 4.79 Å². The number of likely N-dealkylation sites (tertiary alicyclic amines) is 1. The SMILES string of the molecule is CCN1CCC(n2nccc2NC(=O)c2csc(-c3cnn(-c4ccccc4)c3)n2)CC1. The molecular formula is C23H25N7OS. The van der Waals surface area contributed by atoms with E-state index in [2.05, 4.69) is 32.3 Å². The molecule has 0 aliphatic carbocycles. The normalized spacial score (nSPS) is 15.2. The highest BCUT2D eigenvalue weighted by atomic mass is 32.1. The highest BCUT2D eigenvalue weighted by Crippen LogP contribution is 2.27. The molecule has 1 N–H and O–H groups in total. The summed E-state index contributed by atoms with van der Waals surface area (Å²) in [4.78, 5) is 19.9. The standard InChI is InChI=1S/C23H25N7OS/c1-2-28-12-9-19(10-13-28)30-21(8-11-24-30)27-22(31)20-16-32-23(26-20)17-14-25-29(15-17)18-6-4-3-5-7-18/h3-8,11,14-16,19H,2,9-10,12-13H2,1H3,(H,27,31). The first-order valence-corrected chi connectivity index (χ1v) is 11.7. The van der Waals surface area contributed by atoms with Gasteiger partial charge in [0.25, 0.3) is 5.91 Å². The number of carbonyl (C=O) groups is 1. The Labute approximate surface area is 190 Å². The van der Waals surface area contributed by atoms with E-state index in [0.717, 1.165) is 54.6 Å². The van der Waals surface area contributed by atoms with E-state index in [-0.39, 0.29) is 5.91 Å². The minimum atomic E-state index is -0.226. The summed E-state index contributed by atoms with van der Waals surface area (Å²) in [6, 6.07) is 12.1. The van der Waals surface area contributed by atoms with E-state index in [4.69, 9.17) is 0 Å². The lowest BCUT2D eigenvalue weighted by atomic mass is 10.1. The quantitative estimate of drug-likeness (QED) is 0.481. The molecule has 5 rings (SSSR count). The molecule has 0 spiro atoms. The molecule has 1 amide bonds. The fraction of sp³-hybridized carbons (Fsp3) is 0.304. The monoisotopic (exact) mass is 447 g/mol. The van der Waals surface area contributed by atoms with Crippen molar-refractivity contribution in [2.45, 2.75) is 25.8 Å². The van der Waals surface area contributed by atoms with E-state index in [0.29, 0.717) is 11.7 Å². The number of amides is 1. The zero-order valence-electron chi connectivity index (χ0n) is 17.9. The number of para-hydroxylation sites is 1. The first-order chi connectivity index (χ1) is 15.7. The van der Waals surface area contributed by atoms with Gasteiger partial charge in [-0.25, -0.2) is 14.3 Å². The van der Waals surface area contributed by atoms with Crippen LogP contribution in [-0.2, 0) is 0 Å². The number of rotatable bonds is 6. The van der Waals surface area contributed by atoms with Crippen molar-refractivity contribution in [3.63, 3.8) is 0 Å². The number of nitrogens with zero attached hydrogens (tertiary/aromatic N) is 6. The number of hydrogen-bond acceptors (Lipinski definition) is 6. The van der Waals surface area contributed by atoms with Crippen molar-refractivity contribution in [2.24, 2.45) is 0 Å². The molecule has 0 atom stereocenters. The number of anilines is 1. The van der Waals surface area contributed by atoms with Crippen molar-refractivity contribution in [2.75, 3.05) is 25.0 Å². The summed E-state index contributed by atoms with van der Waals surface area (Å²) >= 11 is 1.43. The maximum Gasteiger partial charge on any atom is 0.276 e. The largest absolute Gasteiger partial charge is 0.305 e. The Morgan fingerprint density at radius 3 is 2.75 bits per heavy atom. The van der Waals surface area contributed by atoms with E-state index in [1.54, 1.807) is 22.5 Å². The topological polar surface area (TPSA) is 80.9 Å². The molecule has 8 nitrogen and oxygen atoms in total. The number of piperidine rings is 1. The molecule has 32 heavy (non-hydrogen) atoms. The zero-order valence-corrected chi connectivity index (χ0v) is 18.7. The first kappa shape index (κ1) is 20.6. The molecule has 1 saturated heterocycles. The van der Waals surface area contributed by atoms with Gasteiger partial charge in [0.2, 0.25) is 0 Å². The van der Waals surface area contributed by atoms with Crippen LogP contribution >= 0.6 is 11.3 Å². The van der Waals surface area contributed by atoms with E-state index in [1.165, 1.54) is 11.3 Å². The van der Waals surface area contributed by atoms with Gasteiger partial charge in [-0.2, -0.15) is 10.2 Å². The van der Waals surface area contributed by atoms with Gasteiger partial charge in [0.05, 0.1) is 24.1 Å². The van der Waals surface area contributed by atoms with Gasteiger partial charge in [-0.15, -0.1) is 11.3 Å². The van der Waals surface area contributed by atoms with Crippen molar-refractivity contribution in [3.05, 3.63) is 66.1 Å². The number of thiazole rings is 1. The molecule has 1 aliphatic rings. The van der Waals surface area contributed by atoms with Crippen LogP contribution < -0.4 is 5.32 Å². The Balaban J connectivity index is 1.28. The molecule has 1 aliphatic heterocycles. The van der Waals surface area contributed by atoms with Gasteiger partial charge in [0, 0.05) is 36.3 Å². The van der Waals surface area contributed by atoms with Gasteiger partial charge in [0.1, 0.15) is 16.5 Å². The first-order valence-electron chi connectivity index (χ1n) is 10.8. The molecule has 0 saturated carbocycles. The summed E-state index contributed by atoms with van der Waals surface area (Å²) in [7, 11) is 0. The predicted molar refractivity (Wildman–Crippen MR) is 125 cm³/mol. The molecule has 0 unspecified atom stereocenters. The van der Waals surface area contributed by atoms with Crippen LogP contribution in [0.15, 0.2) is 60.4 Å². The van der Waals surface area contributed by atoms with Gasteiger partial charge in [-0.3, -0.25) is 4.79 Å². The van der Waals surface area contributed by atoms with Gasteiger partial charge < -0.3 is 10.2 Å². The molecular weight excluding hydrogens is 422 g/mol. The second-order valence-electron chi connectivity index (χ2n) is 7.83. The fourth-order valence-electron chi connectivity index (χ4n) is 4.03. The maximum atomic E-state index is 12.9. The van der Waals surface area contributed by atoms with E-state index in [9.17, 15) is 4.79 Å². The number of hydrogen-bond donors (Lipinski definition) is 1. The molecule has 4 heterocycles. The predicted octanol–water partition coefficient (Wildman–Crippen LogP) is 4.10. The fourth-order valence-corrected chi connectivity index (χ4v) is 4.81. The zero-order chi connectivity index (χ0) is 21.9. The second kappa shape index (κ2) is 9.05. The van der Waals surface area contributed by atoms with Crippen LogP contribution in [0.1, 0.15) is 36.3 Å². The molecule has 0 bridgehead atoms. The number of benzene rings is 1. The maximum absolute atomic E-state index is 12.9. The van der Waals surface area contributed by atoms with Crippen molar-refractivity contribution >= 4 is 23.1 Å². The Morgan fingerprint density at radius 1 is 1.16 bits per heavy atom. The smallest absolute Gasteiger partial charge is 0.276 e. The van der Waals surface area contributed by atoms with Crippen LogP contribution in [-0.4, -0.2) is 55.0 Å². The lowest BCUT2D eigenvalue weighted by Crippen LogP contribution is -2.35. The lowest BCUT2D eigenvalue weighted by molar-refractivity contribution is 0.102. The molecule has 4 aromatic rings. The average molecular weight is 448 g/mol. The van der Waals surface area contributed by atoms with Crippen LogP contribution in [0.4, 0.5) is 5.82 Å². The molecule has 3 aromatic heterocycles. The Morgan fingerprint density at radius 2 is 1.97 bits per heavy atom. The number of aromatic nitrogens is 5. The Bertz CT molecular complexity index is 1190. The Hall–Kier alpha value is -3.30. The van der Waals surface area contributed by atoms with Crippen LogP contribution in [0.25, 0.3) is 16.3 Å². The minimum Gasteiger partial charge on any atom is -0.305 e. The number of carbonyl (C=O) groups excluding carboxylic acids is 1. The van der Waals surface area contributed by atoms with Crippen molar-refractivity contribution in [1.82, 2.24) is 29.4 Å². The lowest BCUT2D eigenvalue weighted by Gasteiger charge is -2.31. The summed E-state index contributed by atoms with van der Waals surface area (Å²) in [6.07, 6.45) is 7.50. The van der Waals surface area contributed by atoms with Crippen molar-refractivity contribution in [3.8, 4) is 16.3 Å². The third-order valence-electron chi connectivity index (χ3n) is 5.85. The van der Waals surface area contributed by atoms with Gasteiger partial charge >= 0.3 is 0 Å². The van der Waals surface area contributed by atoms with E-state index in [1.807, 2.05) is 47.3 Å². The van der Waals surface area contributed by atoms with Crippen LogP contribution in [0, 0.1) is 0 Å². The molecule has 9 heteroatoms. The average Bonchev–Trinajstić information content (AvgIpc) is 3.60. The minimum absolute atomic E-state index is 0.226. The third-order valence-corrected chi connectivity index (χ3v) is 6.74. The number of nitrogens with one attached hydrogen (secondary N) is 1. The van der Waals surface area contributed by atoms with Gasteiger partial charge in [-0.1, -0.05) is 25.1 Å². The summed E-state index contributed by atoms with van der Waals surface area (Å²) in [6.45, 7) is 5.38. The van der Waals surface area contributed by atoms with Gasteiger partial charge in [0.15, 0.2) is 0 Å². The Kier molecular flexibility index (Phi) is 5.83. The van der Waals surface area contributed by atoms with E-state index >= 15 is 0 Å². The summed E-state index contributed by atoms with van der Waals surface area (Å²) < 4.78 is 3.75. The van der Waals surface area contributed by atoms with Crippen LogP contribution in [0.5, 0.6) is 0 Å². The van der Waals surface area contributed by atoms with Crippen LogP contribution in [0.2, 0.25) is 0 Å². The molecule has 1 aromatic carbocycles. The highest BCUT2D eigenvalue weighted by molar-refractivity contribution is 7.13. The highest BCUT2D eigenvalue weighted by Gasteiger charge is 2.23. The molecule has 1 fully saturated rings. The van der Waals surface area contributed by atoms with Crippen LogP contribution in [0.3, 0.4) is 0 Å².